The number of hydrogen-bond acceptors (Lipinski definition) is 4. The first-order valence-corrected chi connectivity index (χ1v) is 7.41. The fourth-order valence-electron chi connectivity index (χ4n) is 2.81. The van der Waals surface area contributed by atoms with Crippen LogP contribution in [0.4, 0.5) is 5.82 Å². The zero-order valence-electron chi connectivity index (χ0n) is 12.2. The van der Waals surface area contributed by atoms with Crippen LogP contribution in [0.2, 0.25) is 5.02 Å². The Morgan fingerprint density at radius 2 is 2.45 bits per heavy atom. The summed E-state index contributed by atoms with van der Waals surface area (Å²) in [7, 11) is 1.66. The van der Waals surface area contributed by atoms with Gasteiger partial charge in [0.1, 0.15) is 11.5 Å². The van der Waals surface area contributed by atoms with Crippen LogP contribution in [0.15, 0.2) is 24.5 Å². The number of halogens is 1. The van der Waals surface area contributed by atoms with Gasteiger partial charge in [-0.15, -0.1) is 0 Å². The molecule has 2 aromatic rings. The number of carbonyl (C=O) groups excluding carboxylic acids is 1. The first kappa shape index (κ1) is 14.9. The fraction of sp³-hybridized carbons (Fsp3) is 0.429. The van der Waals surface area contributed by atoms with Crippen LogP contribution in [0.25, 0.3) is 0 Å². The number of aromatic amines is 1. The Morgan fingerprint density at radius 3 is 3.05 bits per heavy atom. The second-order valence-corrected chi connectivity index (χ2v) is 5.84. The van der Waals surface area contributed by atoms with Gasteiger partial charge < -0.3 is 20.4 Å². The summed E-state index contributed by atoms with van der Waals surface area (Å²) < 4.78 is 7.17. The molecule has 2 aromatic heterocycles. The van der Waals surface area contributed by atoms with Gasteiger partial charge in [-0.3, -0.25) is 9.48 Å². The van der Waals surface area contributed by atoms with Crippen molar-refractivity contribution in [3.05, 3.63) is 35.2 Å². The van der Waals surface area contributed by atoms with Crippen molar-refractivity contribution in [1.82, 2.24) is 19.7 Å². The van der Waals surface area contributed by atoms with Crippen LogP contribution in [0.3, 0.4) is 0 Å². The number of nitrogens with one attached hydrogen (secondary N) is 1. The Balaban J connectivity index is 1.78. The van der Waals surface area contributed by atoms with E-state index in [1.165, 1.54) is 0 Å². The number of nitrogens with zero attached hydrogens (tertiary/aromatic N) is 3. The van der Waals surface area contributed by atoms with Crippen LogP contribution < -0.4 is 5.73 Å². The molecule has 1 saturated heterocycles. The number of methoxy groups -OCH3 is 1. The third kappa shape index (κ3) is 2.95. The zero-order valence-corrected chi connectivity index (χ0v) is 13.0. The minimum atomic E-state index is -0.0865. The van der Waals surface area contributed by atoms with Crippen molar-refractivity contribution >= 4 is 23.3 Å². The molecule has 22 heavy (non-hydrogen) atoms. The molecule has 7 nitrogen and oxygen atoms in total. The number of nitrogens with two attached hydrogens (primary N) is 1. The van der Waals surface area contributed by atoms with E-state index in [1.807, 2.05) is 6.20 Å². The average molecular weight is 324 g/mol. The molecule has 0 unspecified atom stereocenters. The second kappa shape index (κ2) is 6.02. The van der Waals surface area contributed by atoms with Crippen LogP contribution in [0, 0.1) is 0 Å². The van der Waals surface area contributed by atoms with Crippen LogP contribution in [0.1, 0.15) is 16.9 Å². The molecule has 0 spiro atoms. The Labute approximate surface area is 133 Å². The summed E-state index contributed by atoms with van der Waals surface area (Å²) in [5.74, 6) is 0.381. The summed E-state index contributed by atoms with van der Waals surface area (Å²) in [5.41, 5.74) is 6.12. The summed E-state index contributed by atoms with van der Waals surface area (Å²) in [6.07, 6.45) is 4.19. The molecule has 2 atom stereocenters. The highest BCUT2D eigenvalue weighted by Gasteiger charge is 2.36. The minimum absolute atomic E-state index is 0.00109. The van der Waals surface area contributed by atoms with Gasteiger partial charge in [0.25, 0.3) is 5.91 Å². The van der Waals surface area contributed by atoms with E-state index in [0.717, 1.165) is 6.42 Å². The van der Waals surface area contributed by atoms with E-state index in [-0.39, 0.29) is 18.1 Å². The molecular weight excluding hydrogens is 306 g/mol. The maximum absolute atomic E-state index is 12.7. The number of carbonyl (C=O) groups is 1. The smallest absolute Gasteiger partial charge is 0.270 e. The summed E-state index contributed by atoms with van der Waals surface area (Å²) >= 11 is 5.88. The van der Waals surface area contributed by atoms with E-state index in [2.05, 4.69) is 10.1 Å². The Hall–Kier alpha value is -1.99. The lowest BCUT2D eigenvalue weighted by Crippen LogP contribution is -2.38. The van der Waals surface area contributed by atoms with Crippen molar-refractivity contribution in [2.75, 3.05) is 19.4 Å². The Kier molecular flexibility index (Phi) is 4.08. The fourth-order valence-corrected chi connectivity index (χ4v) is 2.97. The van der Waals surface area contributed by atoms with E-state index in [0.29, 0.717) is 29.6 Å². The third-order valence-electron chi connectivity index (χ3n) is 3.91. The highest BCUT2D eigenvalue weighted by Crippen LogP contribution is 2.24. The molecule has 8 heteroatoms. The van der Waals surface area contributed by atoms with Crippen molar-refractivity contribution in [1.29, 1.82) is 0 Å². The van der Waals surface area contributed by atoms with Crippen molar-refractivity contribution in [2.24, 2.45) is 0 Å². The summed E-state index contributed by atoms with van der Waals surface area (Å²) in [6.45, 7) is 1.13. The minimum Gasteiger partial charge on any atom is -0.382 e. The number of amides is 1. The number of anilines is 1. The molecule has 3 N–H and O–H groups in total. The lowest BCUT2D eigenvalue weighted by molar-refractivity contribution is 0.0674. The Bertz CT molecular complexity index is 668. The second-order valence-electron chi connectivity index (χ2n) is 5.40. The highest BCUT2D eigenvalue weighted by atomic mass is 35.5. The van der Waals surface area contributed by atoms with Gasteiger partial charge in [-0.25, -0.2) is 0 Å². The monoisotopic (exact) mass is 323 g/mol. The van der Waals surface area contributed by atoms with Gasteiger partial charge >= 0.3 is 0 Å². The van der Waals surface area contributed by atoms with E-state index >= 15 is 0 Å². The molecule has 0 radical (unpaired) electrons. The Morgan fingerprint density at radius 1 is 1.64 bits per heavy atom. The maximum atomic E-state index is 12.7. The van der Waals surface area contributed by atoms with Gasteiger partial charge in [-0.2, -0.15) is 5.10 Å². The highest BCUT2D eigenvalue weighted by molar-refractivity contribution is 6.30. The van der Waals surface area contributed by atoms with Crippen molar-refractivity contribution in [3.8, 4) is 0 Å². The normalized spacial score (nSPS) is 21.5. The van der Waals surface area contributed by atoms with Crippen molar-refractivity contribution in [3.63, 3.8) is 0 Å². The number of likely N-dealkylation sites (tertiary alicyclic amines) is 1. The zero-order chi connectivity index (χ0) is 15.7. The van der Waals surface area contributed by atoms with Crippen LogP contribution >= 0.6 is 11.6 Å². The van der Waals surface area contributed by atoms with Gasteiger partial charge in [0, 0.05) is 26.0 Å². The molecule has 1 fully saturated rings. The van der Waals surface area contributed by atoms with Crippen LogP contribution in [0.5, 0.6) is 0 Å². The van der Waals surface area contributed by atoms with Crippen molar-refractivity contribution < 1.29 is 9.53 Å². The number of aromatic nitrogens is 3. The summed E-state index contributed by atoms with van der Waals surface area (Å²) in [4.78, 5) is 17.4. The summed E-state index contributed by atoms with van der Waals surface area (Å²) in [5, 5.41) is 4.70. The molecule has 0 saturated carbocycles. The predicted octanol–water partition coefficient (Wildman–Crippen LogP) is 1.38. The molecule has 0 bridgehead atoms. The van der Waals surface area contributed by atoms with E-state index < -0.39 is 0 Å². The van der Waals surface area contributed by atoms with Gasteiger partial charge in [-0.1, -0.05) is 11.6 Å². The van der Waals surface area contributed by atoms with E-state index in [1.54, 1.807) is 35.0 Å². The molecule has 0 aliphatic carbocycles. The SMILES string of the molecule is CO[C@H]1C[C@@H](Cn2ccc(N)n2)N(C(=O)c2cc(Cl)c[nH]2)C1. The maximum Gasteiger partial charge on any atom is 0.270 e. The summed E-state index contributed by atoms with van der Waals surface area (Å²) in [6, 6.07) is 3.37. The van der Waals surface area contributed by atoms with Gasteiger partial charge in [0.15, 0.2) is 0 Å². The average Bonchev–Trinajstić information content (AvgIpc) is 3.19. The number of H-pyrrole nitrogens is 1. The van der Waals surface area contributed by atoms with Gasteiger partial charge in [0.2, 0.25) is 0 Å². The van der Waals surface area contributed by atoms with Gasteiger partial charge in [0.05, 0.1) is 23.7 Å². The molecule has 3 heterocycles. The first-order chi connectivity index (χ1) is 10.6. The predicted molar refractivity (Wildman–Crippen MR) is 82.7 cm³/mol. The standard InChI is InChI=1S/C14H18ClN5O2/c1-22-11-5-10(7-19-3-2-13(16)18-19)20(8-11)14(21)12-4-9(15)6-17-12/h2-4,6,10-11,17H,5,7-8H2,1H3,(H2,16,18)/t10-,11-/m0/s1. The number of ether oxygens (including phenoxy) is 1. The largest absolute Gasteiger partial charge is 0.382 e. The molecule has 118 valence electrons. The quantitative estimate of drug-likeness (QED) is 0.889. The van der Waals surface area contributed by atoms with Crippen LogP contribution in [-0.2, 0) is 11.3 Å². The molecule has 0 aromatic carbocycles. The molecule has 1 amide bonds. The third-order valence-corrected chi connectivity index (χ3v) is 4.13. The lowest BCUT2D eigenvalue weighted by Gasteiger charge is -2.23. The van der Waals surface area contributed by atoms with E-state index in [4.69, 9.17) is 22.1 Å². The number of rotatable bonds is 4. The lowest BCUT2D eigenvalue weighted by atomic mass is 10.2. The van der Waals surface area contributed by atoms with Gasteiger partial charge in [-0.05, 0) is 18.6 Å². The topological polar surface area (TPSA) is 89.2 Å². The molecule has 1 aliphatic rings. The first-order valence-electron chi connectivity index (χ1n) is 7.03. The number of hydrogen-bond donors (Lipinski definition) is 2. The number of nitrogen functional groups attached to an aromatic ring is 1. The molecule has 3 rings (SSSR count). The molecule has 1 aliphatic heterocycles. The molecular formula is C14H18ClN5O2. The van der Waals surface area contributed by atoms with Crippen molar-refractivity contribution in [2.45, 2.75) is 25.1 Å². The van der Waals surface area contributed by atoms with Crippen LogP contribution in [-0.4, -0.2) is 51.4 Å². The van der Waals surface area contributed by atoms with E-state index in [9.17, 15) is 4.79 Å².